The molecule has 1 N–H and O–H groups in total. The summed E-state index contributed by atoms with van der Waals surface area (Å²) in [5.74, 6) is 0.0404. The largest absolute Gasteiger partial charge is 0.500 e. The van der Waals surface area contributed by atoms with Gasteiger partial charge >= 0.3 is 5.97 Å². The monoisotopic (exact) mass is 285 g/mol. The molecule has 3 rings (SSSR count). The zero-order valence-corrected chi connectivity index (χ0v) is 12.3. The Kier molecular flexibility index (Phi) is 3.69. The van der Waals surface area contributed by atoms with Gasteiger partial charge in [-0.1, -0.05) is 25.1 Å². The summed E-state index contributed by atoms with van der Waals surface area (Å²) >= 11 is 0. The molecule has 0 saturated carbocycles. The molecule has 2 aromatic rings. The molecule has 0 radical (unpaired) electrons. The van der Waals surface area contributed by atoms with E-state index in [0.29, 0.717) is 13.2 Å². The predicted octanol–water partition coefficient (Wildman–Crippen LogP) is 3.60. The Bertz CT molecular complexity index is 699. The van der Waals surface area contributed by atoms with E-state index in [4.69, 9.17) is 9.47 Å². The van der Waals surface area contributed by atoms with Crippen LogP contribution in [0, 0.1) is 0 Å². The van der Waals surface area contributed by atoms with Crippen molar-refractivity contribution in [2.75, 3.05) is 13.2 Å². The number of hydrogen-bond acceptors (Lipinski definition) is 3. The molecular weight excluding hydrogens is 266 g/mol. The first-order valence-electron chi connectivity index (χ1n) is 7.28. The van der Waals surface area contributed by atoms with Crippen molar-refractivity contribution in [2.24, 2.45) is 0 Å². The zero-order valence-electron chi connectivity index (χ0n) is 12.3. The van der Waals surface area contributed by atoms with Gasteiger partial charge in [-0.25, -0.2) is 0 Å². The molecule has 1 unspecified atom stereocenters. The van der Waals surface area contributed by atoms with Crippen LogP contribution in [0.4, 0.5) is 0 Å². The number of ether oxygens (including phenoxy) is 2. The zero-order chi connectivity index (χ0) is 14.8. The fraction of sp³-hybridized carbons (Fsp3) is 0.353. The minimum absolute atomic E-state index is 0.223. The van der Waals surface area contributed by atoms with Gasteiger partial charge in [0.15, 0.2) is 0 Å². The third kappa shape index (κ3) is 2.53. The van der Waals surface area contributed by atoms with E-state index >= 15 is 0 Å². The molecule has 0 spiro atoms. The van der Waals surface area contributed by atoms with Crippen LogP contribution in [0.5, 0.6) is 0 Å². The first-order chi connectivity index (χ1) is 10.2. The van der Waals surface area contributed by atoms with Crippen molar-refractivity contribution < 1.29 is 14.3 Å². The molecule has 2 heterocycles. The molecule has 0 fully saturated rings. The number of rotatable bonds is 3. The van der Waals surface area contributed by atoms with Gasteiger partial charge in [-0.2, -0.15) is 0 Å². The average molecular weight is 285 g/mol. The Morgan fingerprint density at radius 3 is 3.05 bits per heavy atom. The van der Waals surface area contributed by atoms with Crippen molar-refractivity contribution in [3.8, 4) is 0 Å². The highest BCUT2D eigenvalue weighted by molar-refractivity contribution is 5.93. The van der Waals surface area contributed by atoms with Crippen molar-refractivity contribution in [2.45, 2.75) is 26.2 Å². The van der Waals surface area contributed by atoms with Gasteiger partial charge in [0.25, 0.3) is 0 Å². The number of fused-ring (bicyclic) bond motifs is 3. The number of benzene rings is 1. The van der Waals surface area contributed by atoms with Gasteiger partial charge in [0, 0.05) is 28.1 Å². The topological polar surface area (TPSA) is 51.3 Å². The van der Waals surface area contributed by atoms with E-state index < -0.39 is 0 Å². The summed E-state index contributed by atoms with van der Waals surface area (Å²) in [7, 11) is 0. The molecule has 1 aromatic carbocycles. The van der Waals surface area contributed by atoms with Crippen LogP contribution >= 0.6 is 0 Å². The Balaban J connectivity index is 2.06. The summed E-state index contributed by atoms with van der Waals surface area (Å²) in [5, 5.41) is 1.19. The van der Waals surface area contributed by atoms with E-state index in [1.54, 1.807) is 6.26 Å². The molecule has 21 heavy (non-hydrogen) atoms. The Morgan fingerprint density at radius 2 is 2.24 bits per heavy atom. The highest BCUT2D eigenvalue weighted by Gasteiger charge is 2.24. The number of nitrogens with one attached hydrogen (secondary N) is 1. The third-order valence-electron chi connectivity index (χ3n) is 3.77. The summed E-state index contributed by atoms with van der Waals surface area (Å²) in [6.45, 7) is 4.96. The van der Waals surface area contributed by atoms with E-state index in [9.17, 15) is 4.79 Å². The van der Waals surface area contributed by atoms with Gasteiger partial charge in [-0.3, -0.25) is 4.79 Å². The van der Waals surface area contributed by atoms with Gasteiger partial charge in [0.2, 0.25) is 0 Å². The van der Waals surface area contributed by atoms with Crippen LogP contribution in [0.2, 0.25) is 0 Å². The summed E-state index contributed by atoms with van der Waals surface area (Å²) in [6.07, 6.45) is 1.91. The molecule has 4 heteroatoms. The van der Waals surface area contributed by atoms with Crippen molar-refractivity contribution in [1.82, 2.24) is 4.98 Å². The summed E-state index contributed by atoms with van der Waals surface area (Å²) in [5.41, 5.74) is 4.16. The first kappa shape index (κ1) is 13.7. The SMILES string of the molecule is CCOC(=O)CC1=COCC(C)c2c1[nH]c1ccccc21. The summed E-state index contributed by atoms with van der Waals surface area (Å²) in [6, 6.07) is 8.20. The maximum atomic E-state index is 11.8. The molecule has 1 aliphatic heterocycles. The molecule has 0 amide bonds. The Hall–Kier alpha value is -2.23. The van der Waals surface area contributed by atoms with Crippen LogP contribution < -0.4 is 0 Å². The van der Waals surface area contributed by atoms with E-state index in [2.05, 4.69) is 24.0 Å². The highest BCUT2D eigenvalue weighted by atomic mass is 16.5. The number of esters is 1. The maximum absolute atomic E-state index is 11.8. The van der Waals surface area contributed by atoms with Crippen LogP contribution in [0.1, 0.15) is 37.4 Å². The fourth-order valence-corrected chi connectivity index (χ4v) is 2.86. The lowest BCUT2D eigenvalue weighted by atomic mass is 9.95. The molecular formula is C17H19NO3. The second kappa shape index (κ2) is 5.64. The molecule has 1 aromatic heterocycles. The molecule has 0 saturated heterocycles. The van der Waals surface area contributed by atoms with Gasteiger partial charge in [0.1, 0.15) is 0 Å². The van der Waals surface area contributed by atoms with E-state index in [0.717, 1.165) is 16.8 Å². The molecule has 1 atom stereocenters. The number of carbonyl (C=O) groups excluding carboxylic acids is 1. The van der Waals surface area contributed by atoms with Crippen molar-refractivity contribution in [1.29, 1.82) is 0 Å². The van der Waals surface area contributed by atoms with E-state index in [1.165, 1.54) is 10.9 Å². The minimum Gasteiger partial charge on any atom is -0.500 e. The van der Waals surface area contributed by atoms with Crippen LogP contribution in [0.25, 0.3) is 16.5 Å². The lowest BCUT2D eigenvalue weighted by Gasteiger charge is -2.09. The van der Waals surface area contributed by atoms with Gasteiger partial charge < -0.3 is 14.5 Å². The molecule has 4 nitrogen and oxygen atoms in total. The minimum atomic E-state index is -0.230. The highest BCUT2D eigenvalue weighted by Crippen LogP contribution is 2.36. The number of H-pyrrole nitrogens is 1. The molecule has 110 valence electrons. The number of carbonyl (C=O) groups is 1. The second-order valence-corrected chi connectivity index (χ2v) is 5.32. The molecule has 1 aliphatic rings. The van der Waals surface area contributed by atoms with Crippen molar-refractivity contribution in [3.05, 3.63) is 41.8 Å². The standard InChI is InChI=1S/C17H19NO3/c1-3-21-15(19)8-12-10-20-9-11(2)16-13-6-4-5-7-14(13)18-17(12)16/h4-7,10-11,18H,3,8-9H2,1-2H3. The van der Waals surface area contributed by atoms with Crippen LogP contribution in [-0.2, 0) is 14.3 Å². The molecule has 0 bridgehead atoms. The van der Waals surface area contributed by atoms with E-state index in [-0.39, 0.29) is 18.3 Å². The van der Waals surface area contributed by atoms with Crippen molar-refractivity contribution in [3.63, 3.8) is 0 Å². The lowest BCUT2D eigenvalue weighted by Crippen LogP contribution is -2.05. The van der Waals surface area contributed by atoms with Crippen molar-refractivity contribution >= 4 is 22.4 Å². The normalized spacial score (nSPS) is 17.6. The molecule has 0 aliphatic carbocycles. The van der Waals surface area contributed by atoms with E-state index in [1.807, 2.05) is 19.1 Å². The quantitative estimate of drug-likeness (QED) is 0.877. The lowest BCUT2D eigenvalue weighted by molar-refractivity contribution is -0.141. The Labute approximate surface area is 123 Å². The average Bonchev–Trinajstić information content (AvgIpc) is 2.78. The smallest absolute Gasteiger partial charge is 0.310 e. The predicted molar refractivity (Wildman–Crippen MR) is 81.9 cm³/mol. The number of aromatic nitrogens is 1. The van der Waals surface area contributed by atoms with Gasteiger partial charge in [-0.05, 0) is 18.6 Å². The van der Waals surface area contributed by atoms with Crippen LogP contribution in [0.3, 0.4) is 0 Å². The summed E-state index contributed by atoms with van der Waals surface area (Å²) in [4.78, 5) is 15.2. The third-order valence-corrected chi connectivity index (χ3v) is 3.77. The van der Waals surface area contributed by atoms with Crippen LogP contribution in [-0.4, -0.2) is 24.2 Å². The Morgan fingerprint density at radius 1 is 1.43 bits per heavy atom. The van der Waals surface area contributed by atoms with Gasteiger partial charge in [-0.15, -0.1) is 0 Å². The summed E-state index contributed by atoms with van der Waals surface area (Å²) < 4.78 is 10.7. The van der Waals surface area contributed by atoms with Crippen LogP contribution in [0.15, 0.2) is 30.5 Å². The fourth-order valence-electron chi connectivity index (χ4n) is 2.86. The number of hydrogen-bond donors (Lipinski definition) is 1. The maximum Gasteiger partial charge on any atom is 0.310 e. The second-order valence-electron chi connectivity index (χ2n) is 5.32. The van der Waals surface area contributed by atoms with Gasteiger partial charge in [0.05, 0.1) is 25.9 Å². The number of para-hydroxylation sites is 1. The number of aromatic amines is 1. The first-order valence-corrected chi connectivity index (χ1v) is 7.28.